The zero-order valence-electron chi connectivity index (χ0n) is 16.9. The van der Waals surface area contributed by atoms with Crippen LogP contribution in [0.25, 0.3) is 11.3 Å². The van der Waals surface area contributed by atoms with E-state index >= 15 is 0 Å². The van der Waals surface area contributed by atoms with Gasteiger partial charge in [0.25, 0.3) is 0 Å². The average molecular weight is 380 g/mol. The van der Waals surface area contributed by atoms with Crippen LogP contribution in [-0.4, -0.2) is 50.2 Å². The van der Waals surface area contributed by atoms with Crippen LogP contribution in [0.1, 0.15) is 38.8 Å². The van der Waals surface area contributed by atoms with E-state index in [1.807, 2.05) is 16.8 Å². The predicted molar refractivity (Wildman–Crippen MR) is 107 cm³/mol. The molecule has 0 radical (unpaired) electrons. The molecule has 1 N–H and O–H groups in total. The molecule has 3 heterocycles. The van der Waals surface area contributed by atoms with Gasteiger partial charge in [-0.3, -0.25) is 14.5 Å². The maximum atomic E-state index is 12.4. The molecule has 1 atom stereocenters. The highest BCUT2D eigenvalue weighted by Crippen LogP contribution is 2.20. The summed E-state index contributed by atoms with van der Waals surface area (Å²) in [6.07, 6.45) is 6.06. The lowest BCUT2D eigenvalue weighted by Gasteiger charge is -2.28. The van der Waals surface area contributed by atoms with E-state index in [1.54, 1.807) is 17.3 Å². The summed E-state index contributed by atoms with van der Waals surface area (Å²) in [5, 5.41) is 17.2. The van der Waals surface area contributed by atoms with E-state index in [2.05, 4.69) is 43.2 Å². The number of aryl methyl sites for hydroxylation is 2. The Morgan fingerprint density at radius 2 is 2.14 bits per heavy atom. The molecule has 0 spiro atoms. The van der Waals surface area contributed by atoms with E-state index in [0.29, 0.717) is 6.54 Å². The molecular weight excluding hydrogens is 352 g/mol. The van der Waals surface area contributed by atoms with E-state index < -0.39 is 0 Å². The monoisotopic (exact) mass is 380 g/mol. The zero-order valence-corrected chi connectivity index (χ0v) is 16.9. The molecule has 2 aromatic rings. The average Bonchev–Trinajstić information content (AvgIpc) is 3.32. The number of rotatable bonds is 7. The highest BCUT2D eigenvalue weighted by Gasteiger charge is 2.29. The van der Waals surface area contributed by atoms with Crippen molar-refractivity contribution in [3.8, 4) is 17.3 Å². The minimum Gasteiger partial charge on any atom is -0.326 e. The molecule has 1 amide bonds. The Kier molecular flexibility index (Phi) is 6.10. The molecule has 1 fully saturated rings. The third-order valence-corrected chi connectivity index (χ3v) is 5.35. The number of amides is 1. The van der Waals surface area contributed by atoms with Gasteiger partial charge in [-0.05, 0) is 58.2 Å². The van der Waals surface area contributed by atoms with Crippen molar-refractivity contribution in [3.05, 3.63) is 36.3 Å². The lowest BCUT2D eigenvalue weighted by Crippen LogP contribution is -2.48. The van der Waals surface area contributed by atoms with E-state index in [9.17, 15) is 4.79 Å². The number of likely N-dealkylation sites (tertiary alicyclic amines) is 1. The van der Waals surface area contributed by atoms with Crippen molar-refractivity contribution in [2.75, 3.05) is 13.1 Å². The Morgan fingerprint density at radius 1 is 1.39 bits per heavy atom. The molecule has 0 aromatic carbocycles. The second-order valence-electron chi connectivity index (χ2n) is 7.99. The van der Waals surface area contributed by atoms with Crippen molar-refractivity contribution in [2.45, 2.75) is 58.2 Å². The first-order valence-corrected chi connectivity index (χ1v) is 9.78. The highest BCUT2D eigenvalue weighted by molar-refractivity contribution is 5.79. The highest BCUT2D eigenvalue weighted by atomic mass is 16.2. The Morgan fingerprint density at radius 3 is 2.86 bits per heavy atom. The van der Waals surface area contributed by atoms with Crippen LogP contribution in [0.3, 0.4) is 0 Å². The number of pyridine rings is 1. The fourth-order valence-electron chi connectivity index (χ4n) is 3.49. The second kappa shape index (κ2) is 8.53. The van der Waals surface area contributed by atoms with Crippen LogP contribution in [0, 0.1) is 18.3 Å². The molecule has 1 aliphatic rings. The first kappa shape index (κ1) is 20.0. The van der Waals surface area contributed by atoms with E-state index in [4.69, 9.17) is 10.4 Å². The largest absolute Gasteiger partial charge is 0.326 e. The number of aromatic nitrogens is 3. The summed E-state index contributed by atoms with van der Waals surface area (Å²) in [7, 11) is 0. The summed E-state index contributed by atoms with van der Waals surface area (Å²) in [6.45, 7) is 7.94. The van der Waals surface area contributed by atoms with Gasteiger partial charge in [-0.1, -0.05) is 0 Å². The van der Waals surface area contributed by atoms with Crippen LogP contribution in [-0.2, 0) is 11.3 Å². The van der Waals surface area contributed by atoms with Crippen molar-refractivity contribution in [1.82, 2.24) is 25.0 Å². The predicted octanol–water partition coefficient (Wildman–Crippen LogP) is 2.53. The van der Waals surface area contributed by atoms with Gasteiger partial charge in [0, 0.05) is 42.3 Å². The third-order valence-electron chi connectivity index (χ3n) is 5.35. The Balaban J connectivity index is 1.54. The van der Waals surface area contributed by atoms with Crippen molar-refractivity contribution in [2.24, 2.45) is 0 Å². The van der Waals surface area contributed by atoms with Crippen molar-refractivity contribution < 1.29 is 4.79 Å². The van der Waals surface area contributed by atoms with E-state index in [0.717, 1.165) is 42.8 Å². The first-order chi connectivity index (χ1) is 13.4. The number of hydrogen-bond donors (Lipinski definition) is 1. The summed E-state index contributed by atoms with van der Waals surface area (Å²) in [4.78, 5) is 18.2. The van der Waals surface area contributed by atoms with Crippen LogP contribution in [0.4, 0.5) is 0 Å². The van der Waals surface area contributed by atoms with Gasteiger partial charge in [-0.25, -0.2) is 0 Å². The van der Waals surface area contributed by atoms with Crippen LogP contribution >= 0.6 is 0 Å². The number of hydrogen-bond acceptors (Lipinski definition) is 5. The van der Waals surface area contributed by atoms with Crippen LogP contribution in [0.2, 0.25) is 0 Å². The van der Waals surface area contributed by atoms with Gasteiger partial charge < -0.3 is 10.2 Å². The number of carbonyl (C=O) groups is 1. The standard InChI is InChI=1S/C21H28N6O/c1-16-13-19(17-6-9-23-10-7-17)25-27(16)12-8-21(2,3)24-15-20(28)26-11-4-5-18(26)14-22/h6-7,9-10,13,18,24H,4-5,8,11-12,15H2,1-3H3. The van der Waals surface area contributed by atoms with Gasteiger partial charge in [-0.2, -0.15) is 10.4 Å². The number of carbonyl (C=O) groups excluding carboxylic acids is 1. The Hall–Kier alpha value is -2.72. The SMILES string of the molecule is Cc1cc(-c2ccncc2)nn1CCC(C)(C)NCC(=O)N1CCCC1C#N. The molecule has 2 aromatic heterocycles. The lowest BCUT2D eigenvalue weighted by atomic mass is 10.0. The molecule has 0 saturated carbocycles. The number of nitrogens with zero attached hydrogens (tertiary/aromatic N) is 5. The third kappa shape index (κ3) is 4.76. The molecule has 7 heteroatoms. The van der Waals surface area contributed by atoms with Gasteiger partial charge >= 0.3 is 0 Å². The summed E-state index contributed by atoms with van der Waals surface area (Å²) >= 11 is 0. The fraction of sp³-hybridized carbons (Fsp3) is 0.524. The molecule has 148 valence electrons. The maximum Gasteiger partial charge on any atom is 0.237 e. The molecule has 0 bridgehead atoms. The fourth-order valence-corrected chi connectivity index (χ4v) is 3.49. The van der Waals surface area contributed by atoms with Crippen molar-refractivity contribution >= 4 is 5.91 Å². The van der Waals surface area contributed by atoms with Gasteiger partial charge in [-0.15, -0.1) is 0 Å². The topological polar surface area (TPSA) is 86.8 Å². The second-order valence-corrected chi connectivity index (χ2v) is 7.99. The lowest BCUT2D eigenvalue weighted by molar-refractivity contribution is -0.130. The minimum atomic E-state index is -0.268. The van der Waals surface area contributed by atoms with E-state index in [-0.39, 0.29) is 24.0 Å². The van der Waals surface area contributed by atoms with E-state index in [1.165, 1.54) is 0 Å². The van der Waals surface area contributed by atoms with Crippen LogP contribution in [0.5, 0.6) is 0 Å². The summed E-state index contributed by atoms with van der Waals surface area (Å²) < 4.78 is 2.01. The summed E-state index contributed by atoms with van der Waals surface area (Å²) in [6, 6.07) is 7.94. The molecule has 7 nitrogen and oxygen atoms in total. The van der Waals surface area contributed by atoms with Crippen molar-refractivity contribution in [1.29, 1.82) is 5.26 Å². The maximum absolute atomic E-state index is 12.4. The number of nitrogens with one attached hydrogen (secondary N) is 1. The van der Waals surface area contributed by atoms with Crippen LogP contribution in [0.15, 0.2) is 30.6 Å². The first-order valence-electron chi connectivity index (χ1n) is 9.78. The molecular formula is C21H28N6O. The summed E-state index contributed by atoms with van der Waals surface area (Å²) in [5.41, 5.74) is 2.88. The van der Waals surface area contributed by atoms with Crippen molar-refractivity contribution in [3.63, 3.8) is 0 Å². The van der Waals surface area contributed by atoms with Crippen LogP contribution < -0.4 is 5.32 Å². The van der Waals surface area contributed by atoms with Gasteiger partial charge in [0.2, 0.25) is 5.91 Å². The smallest absolute Gasteiger partial charge is 0.237 e. The molecule has 1 aliphatic heterocycles. The normalized spacial score (nSPS) is 16.9. The minimum absolute atomic E-state index is 0.00682. The molecule has 0 aliphatic carbocycles. The summed E-state index contributed by atoms with van der Waals surface area (Å²) in [5.74, 6) is 0.00682. The van der Waals surface area contributed by atoms with Gasteiger partial charge in [0.1, 0.15) is 6.04 Å². The Labute approximate surface area is 166 Å². The van der Waals surface area contributed by atoms with Gasteiger partial charge in [0.15, 0.2) is 0 Å². The van der Waals surface area contributed by atoms with Gasteiger partial charge in [0.05, 0.1) is 18.3 Å². The Bertz CT molecular complexity index is 852. The quantitative estimate of drug-likeness (QED) is 0.798. The molecule has 3 rings (SSSR count). The molecule has 1 unspecified atom stereocenters. The number of nitriles is 1. The molecule has 28 heavy (non-hydrogen) atoms. The molecule has 1 saturated heterocycles. The zero-order chi connectivity index (χ0) is 20.1.